The molecule has 4 atom stereocenters. The number of amides is 5. The molecule has 1 aliphatic rings. The van der Waals surface area contributed by atoms with Crippen LogP contribution in [0.5, 0.6) is 17.2 Å². The van der Waals surface area contributed by atoms with Crippen molar-refractivity contribution in [2.45, 2.75) is 77.5 Å². The summed E-state index contributed by atoms with van der Waals surface area (Å²) in [5.41, 5.74) is 1.91. The van der Waals surface area contributed by atoms with Gasteiger partial charge in [0.1, 0.15) is 30.5 Å². The molecule has 0 bridgehead atoms. The minimum atomic E-state index is -1.29. The van der Waals surface area contributed by atoms with Crippen LogP contribution in [0.4, 0.5) is 0 Å². The fourth-order valence-corrected chi connectivity index (χ4v) is 5.87. The van der Waals surface area contributed by atoms with Gasteiger partial charge in [0, 0.05) is 13.0 Å². The van der Waals surface area contributed by atoms with Crippen molar-refractivity contribution in [3.05, 3.63) is 89.5 Å². The summed E-state index contributed by atoms with van der Waals surface area (Å²) in [6.07, 6.45) is 0.852. The Morgan fingerprint density at radius 1 is 0.887 bits per heavy atom. The van der Waals surface area contributed by atoms with Crippen molar-refractivity contribution in [2.24, 2.45) is 5.92 Å². The second kappa shape index (κ2) is 19.9. The maximum absolute atomic E-state index is 13.8. The molecule has 0 aromatic heterocycles. The van der Waals surface area contributed by atoms with Crippen molar-refractivity contribution >= 4 is 29.5 Å². The molecule has 3 aromatic carbocycles. The van der Waals surface area contributed by atoms with Crippen LogP contribution in [0.1, 0.15) is 62.0 Å². The number of carbonyl (C=O) groups excluding carboxylic acids is 5. The van der Waals surface area contributed by atoms with Gasteiger partial charge < -0.3 is 40.8 Å². The summed E-state index contributed by atoms with van der Waals surface area (Å²) >= 11 is 0. The average molecular weight is 730 g/mol. The number of carbonyl (C=O) groups is 5. The van der Waals surface area contributed by atoms with Gasteiger partial charge in [0.15, 0.2) is 11.5 Å². The number of rotatable bonds is 11. The molecular weight excluding hydrogens is 678 g/mol. The Balaban J connectivity index is 1.57. The molecule has 3 aromatic rings. The van der Waals surface area contributed by atoms with E-state index in [0.717, 1.165) is 11.1 Å². The minimum Gasteiger partial charge on any atom is -0.493 e. The van der Waals surface area contributed by atoms with E-state index in [2.05, 4.69) is 26.6 Å². The number of benzene rings is 3. The molecule has 13 nitrogen and oxygen atoms in total. The van der Waals surface area contributed by atoms with Gasteiger partial charge in [0.05, 0.1) is 31.7 Å². The van der Waals surface area contributed by atoms with E-state index in [1.807, 2.05) is 69.3 Å². The summed E-state index contributed by atoms with van der Waals surface area (Å²) in [6, 6.07) is 17.6. The fourth-order valence-electron chi connectivity index (χ4n) is 5.87. The van der Waals surface area contributed by atoms with Crippen LogP contribution in [0.3, 0.4) is 0 Å². The molecule has 1 aliphatic heterocycles. The average Bonchev–Trinajstić information content (AvgIpc) is 3.14. The second-order valence-electron chi connectivity index (χ2n) is 13.3. The molecule has 1 heterocycles. The van der Waals surface area contributed by atoms with E-state index in [-0.39, 0.29) is 36.8 Å². The van der Waals surface area contributed by atoms with Gasteiger partial charge in [-0.15, -0.1) is 0 Å². The molecule has 53 heavy (non-hydrogen) atoms. The highest BCUT2D eigenvalue weighted by Gasteiger charge is 2.32. The highest BCUT2D eigenvalue weighted by atomic mass is 16.5. The first-order valence-electron chi connectivity index (χ1n) is 18.0. The number of ether oxygens (including phenoxy) is 3. The number of aryl methyl sites for hydroxylation is 1. The monoisotopic (exact) mass is 729 g/mol. The van der Waals surface area contributed by atoms with Gasteiger partial charge in [0.2, 0.25) is 23.6 Å². The second-order valence-corrected chi connectivity index (χ2v) is 13.3. The fraction of sp³-hybridized carbons (Fsp3) is 0.425. The van der Waals surface area contributed by atoms with Crippen LogP contribution >= 0.6 is 0 Å². The van der Waals surface area contributed by atoms with Gasteiger partial charge in [-0.3, -0.25) is 24.0 Å². The summed E-state index contributed by atoms with van der Waals surface area (Å²) in [5, 5.41) is 14.0. The van der Waals surface area contributed by atoms with Crippen molar-refractivity contribution in [1.82, 2.24) is 26.6 Å². The van der Waals surface area contributed by atoms with Crippen LogP contribution in [-0.4, -0.2) is 80.6 Å². The zero-order valence-corrected chi connectivity index (χ0v) is 31.0. The Morgan fingerprint density at radius 3 is 2.34 bits per heavy atom. The molecule has 5 amide bonds. The number of fused-ring (bicyclic) bond motifs is 1. The Bertz CT molecular complexity index is 1720. The normalized spacial score (nSPS) is 20.0. The Labute approximate surface area is 310 Å². The summed E-state index contributed by atoms with van der Waals surface area (Å²) in [7, 11) is 1.57. The van der Waals surface area contributed by atoms with E-state index < -0.39 is 60.1 Å². The highest BCUT2D eigenvalue weighted by molar-refractivity contribution is 6.01. The predicted octanol–water partition coefficient (Wildman–Crippen LogP) is 3.10. The van der Waals surface area contributed by atoms with E-state index in [1.165, 1.54) is 0 Å². The summed E-state index contributed by atoms with van der Waals surface area (Å²) < 4.78 is 17.0. The van der Waals surface area contributed by atoms with Crippen molar-refractivity contribution in [1.29, 1.82) is 0 Å². The number of methoxy groups -OCH3 is 1. The third kappa shape index (κ3) is 12.0. The lowest BCUT2D eigenvalue weighted by atomic mass is 10.0. The standard InChI is InChI=1S/C40H51N5O8/c1-6-52-33-19-18-28(22-34(33)51-5)15-12-20-41-38(48)31-23-35(46)43-30(21-27-13-8-7-9-14-27)39(49)45-36(25(2)3)40(50)42-26(4)24-53-32-17-11-10-16-29(32)37(47)44-31/h7-11,13-14,16-19,22,25-26,30-31,36H,6,12,15,20-21,23-24H2,1-5H3,(H,41,48)(H,42,50)(H,43,46)(H,44,47)(H,45,49)/t26-,30-,31-,36+/m0/s1. The molecule has 0 fully saturated rings. The van der Waals surface area contributed by atoms with Gasteiger partial charge in [0.25, 0.3) is 5.91 Å². The zero-order chi connectivity index (χ0) is 38.3. The summed E-state index contributed by atoms with van der Waals surface area (Å²) in [6.45, 7) is 8.06. The molecule has 284 valence electrons. The molecule has 0 radical (unpaired) electrons. The van der Waals surface area contributed by atoms with Crippen molar-refractivity contribution in [3.63, 3.8) is 0 Å². The van der Waals surface area contributed by atoms with Gasteiger partial charge in [-0.2, -0.15) is 0 Å². The Kier molecular flexibility index (Phi) is 15.1. The molecule has 13 heteroatoms. The molecule has 0 unspecified atom stereocenters. The molecule has 0 saturated heterocycles. The van der Waals surface area contributed by atoms with Crippen LogP contribution in [-0.2, 0) is 32.0 Å². The lowest BCUT2D eigenvalue weighted by Gasteiger charge is -2.27. The maximum Gasteiger partial charge on any atom is 0.255 e. The lowest BCUT2D eigenvalue weighted by molar-refractivity contribution is -0.133. The van der Waals surface area contributed by atoms with Gasteiger partial charge in [-0.1, -0.05) is 62.4 Å². The van der Waals surface area contributed by atoms with Crippen molar-refractivity contribution in [3.8, 4) is 17.2 Å². The van der Waals surface area contributed by atoms with Crippen molar-refractivity contribution < 1.29 is 38.2 Å². The SMILES string of the molecule is CCOc1ccc(CCCNC(=O)[C@@H]2CC(=O)N[C@@H](Cc3ccccc3)C(=O)N[C@H](C(C)C)C(=O)N[C@@H](C)COc3ccccc3C(=O)N2)cc1OC. The highest BCUT2D eigenvalue weighted by Crippen LogP contribution is 2.28. The molecule has 0 aliphatic carbocycles. The summed E-state index contributed by atoms with van der Waals surface area (Å²) in [5.74, 6) is -1.60. The first-order chi connectivity index (χ1) is 25.5. The summed E-state index contributed by atoms with van der Waals surface area (Å²) in [4.78, 5) is 68.1. The Hall–Kier alpha value is -5.59. The number of para-hydroxylation sites is 1. The molecule has 4 rings (SSSR count). The minimum absolute atomic E-state index is 0.0234. The van der Waals surface area contributed by atoms with E-state index >= 15 is 0 Å². The molecule has 0 saturated carbocycles. The van der Waals surface area contributed by atoms with Gasteiger partial charge in [-0.25, -0.2) is 0 Å². The number of hydrogen-bond acceptors (Lipinski definition) is 8. The molecular formula is C40H51N5O8. The first kappa shape index (κ1) is 40.2. The van der Waals surface area contributed by atoms with Crippen LogP contribution in [0.15, 0.2) is 72.8 Å². The van der Waals surface area contributed by atoms with Crippen LogP contribution in [0, 0.1) is 5.92 Å². The van der Waals surface area contributed by atoms with E-state index in [1.54, 1.807) is 38.3 Å². The molecule has 0 spiro atoms. The Morgan fingerprint density at radius 2 is 1.62 bits per heavy atom. The third-order valence-electron chi connectivity index (χ3n) is 8.67. The zero-order valence-electron chi connectivity index (χ0n) is 31.0. The van der Waals surface area contributed by atoms with Crippen molar-refractivity contribution in [2.75, 3.05) is 26.9 Å². The topological polar surface area (TPSA) is 173 Å². The first-order valence-corrected chi connectivity index (χ1v) is 18.0. The van der Waals surface area contributed by atoms with E-state index in [4.69, 9.17) is 14.2 Å². The number of nitrogens with one attached hydrogen (secondary N) is 5. The van der Waals surface area contributed by atoms with Gasteiger partial charge in [-0.05, 0) is 68.0 Å². The maximum atomic E-state index is 13.8. The quantitative estimate of drug-likeness (QED) is 0.187. The predicted molar refractivity (Wildman–Crippen MR) is 200 cm³/mol. The van der Waals surface area contributed by atoms with Crippen LogP contribution in [0.25, 0.3) is 0 Å². The van der Waals surface area contributed by atoms with E-state index in [9.17, 15) is 24.0 Å². The lowest BCUT2D eigenvalue weighted by Crippen LogP contribution is -2.57. The largest absolute Gasteiger partial charge is 0.493 e. The van der Waals surface area contributed by atoms with E-state index in [0.29, 0.717) is 30.9 Å². The number of hydrogen-bond donors (Lipinski definition) is 5. The van der Waals surface area contributed by atoms with Crippen LogP contribution in [0.2, 0.25) is 0 Å². The van der Waals surface area contributed by atoms with Crippen LogP contribution < -0.4 is 40.8 Å². The third-order valence-corrected chi connectivity index (χ3v) is 8.67. The smallest absolute Gasteiger partial charge is 0.255 e. The molecule has 5 N–H and O–H groups in total. The van der Waals surface area contributed by atoms with Gasteiger partial charge >= 0.3 is 0 Å².